The molecule has 0 radical (unpaired) electrons. The molecule has 5 nitrogen and oxygen atoms in total. The molecule has 0 aliphatic carbocycles. The van der Waals surface area contributed by atoms with Gasteiger partial charge >= 0.3 is 0 Å². The van der Waals surface area contributed by atoms with Crippen molar-refractivity contribution in [3.05, 3.63) is 47.8 Å². The molecule has 1 N–H and O–H groups in total. The number of carbonyl (C=O) groups excluding carboxylic acids is 1. The highest BCUT2D eigenvalue weighted by molar-refractivity contribution is 7.22. The van der Waals surface area contributed by atoms with Crippen LogP contribution >= 0.6 is 11.3 Å². The van der Waals surface area contributed by atoms with Crippen LogP contribution in [0.2, 0.25) is 0 Å². The first-order valence-corrected chi connectivity index (χ1v) is 8.02. The molecule has 2 aromatic carbocycles. The van der Waals surface area contributed by atoms with Crippen molar-refractivity contribution in [3.63, 3.8) is 0 Å². The van der Waals surface area contributed by atoms with Gasteiger partial charge in [0.05, 0.1) is 23.0 Å². The Labute approximate surface area is 142 Å². The monoisotopic (exact) mass is 345 g/mol. The number of nitrogens with one attached hydrogen (secondary N) is 1. The van der Waals surface area contributed by atoms with E-state index in [2.05, 4.69) is 10.3 Å². The Balaban J connectivity index is 1.83. The van der Waals surface area contributed by atoms with E-state index in [0.717, 1.165) is 16.0 Å². The van der Waals surface area contributed by atoms with Gasteiger partial charge in [0.2, 0.25) is 0 Å². The topological polar surface area (TPSA) is 54.5 Å². The Bertz CT molecular complexity index is 908. The standard InChI is InChI=1S/C17H16FN3O2S/c1-21(2)14-7-4-10(8-12(14)18)16(22)20-17-19-13-6-5-11(23-3)9-15(13)24-17/h4-9H,1-3H3,(H,19,20,22). The zero-order valence-electron chi connectivity index (χ0n) is 13.5. The normalized spacial score (nSPS) is 10.7. The summed E-state index contributed by atoms with van der Waals surface area (Å²) in [5.74, 6) is -0.114. The predicted octanol–water partition coefficient (Wildman–Crippen LogP) is 3.76. The highest BCUT2D eigenvalue weighted by Crippen LogP contribution is 2.29. The van der Waals surface area contributed by atoms with Crippen LogP contribution in [0, 0.1) is 5.82 Å². The van der Waals surface area contributed by atoms with Gasteiger partial charge in [0.1, 0.15) is 11.6 Å². The summed E-state index contributed by atoms with van der Waals surface area (Å²) in [5.41, 5.74) is 1.44. The number of methoxy groups -OCH3 is 1. The lowest BCUT2D eigenvalue weighted by atomic mass is 10.2. The maximum absolute atomic E-state index is 14.0. The Kier molecular flexibility index (Phi) is 4.35. The number of rotatable bonds is 4. The molecule has 3 aromatic rings. The van der Waals surface area contributed by atoms with E-state index in [1.807, 2.05) is 18.2 Å². The van der Waals surface area contributed by atoms with Gasteiger partial charge in [-0.2, -0.15) is 0 Å². The van der Waals surface area contributed by atoms with Crippen molar-refractivity contribution in [2.24, 2.45) is 0 Å². The Hall–Kier alpha value is -2.67. The number of amides is 1. The van der Waals surface area contributed by atoms with Crippen molar-refractivity contribution in [1.82, 2.24) is 4.98 Å². The molecule has 0 unspecified atom stereocenters. The van der Waals surface area contributed by atoms with E-state index in [9.17, 15) is 9.18 Å². The fourth-order valence-corrected chi connectivity index (χ4v) is 3.15. The van der Waals surface area contributed by atoms with Crippen LogP contribution in [0.3, 0.4) is 0 Å². The smallest absolute Gasteiger partial charge is 0.257 e. The van der Waals surface area contributed by atoms with Gasteiger partial charge in [0, 0.05) is 19.7 Å². The Morgan fingerprint density at radius 3 is 2.71 bits per heavy atom. The maximum Gasteiger partial charge on any atom is 0.257 e. The summed E-state index contributed by atoms with van der Waals surface area (Å²) in [6.07, 6.45) is 0. The third-order valence-corrected chi connectivity index (χ3v) is 4.44. The zero-order chi connectivity index (χ0) is 17.3. The number of hydrogen-bond acceptors (Lipinski definition) is 5. The lowest BCUT2D eigenvalue weighted by Gasteiger charge is -2.13. The first-order chi connectivity index (χ1) is 11.5. The molecule has 124 valence electrons. The largest absolute Gasteiger partial charge is 0.497 e. The molecular formula is C17H16FN3O2S. The quantitative estimate of drug-likeness (QED) is 0.782. The van der Waals surface area contributed by atoms with Gasteiger partial charge in [0.15, 0.2) is 5.13 Å². The van der Waals surface area contributed by atoms with Gasteiger partial charge in [0.25, 0.3) is 5.91 Å². The lowest BCUT2D eigenvalue weighted by molar-refractivity contribution is 0.102. The van der Waals surface area contributed by atoms with Crippen LogP contribution in [0.1, 0.15) is 10.4 Å². The SMILES string of the molecule is COc1ccc2nc(NC(=O)c3ccc(N(C)C)c(F)c3)sc2c1. The number of ether oxygens (including phenoxy) is 1. The van der Waals surface area contributed by atoms with Gasteiger partial charge in [-0.3, -0.25) is 10.1 Å². The predicted molar refractivity (Wildman–Crippen MR) is 94.9 cm³/mol. The molecule has 0 aliphatic heterocycles. The highest BCUT2D eigenvalue weighted by Gasteiger charge is 2.13. The Morgan fingerprint density at radius 2 is 2.04 bits per heavy atom. The molecule has 1 heterocycles. The molecule has 7 heteroatoms. The van der Waals surface area contributed by atoms with Crippen LogP contribution < -0.4 is 15.0 Å². The first-order valence-electron chi connectivity index (χ1n) is 7.21. The van der Waals surface area contributed by atoms with E-state index in [1.54, 1.807) is 38.2 Å². The van der Waals surface area contributed by atoms with Crippen molar-refractivity contribution in [2.45, 2.75) is 0 Å². The van der Waals surface area contributed by atoms with Gasteiger partial charge in [-0.25, -0.2) is 9.37 Å². The minimum Gasteiger partial charge on any atom is -0.497 e. The van der Waals surface area contributed by atoms with Crippen LogP contribution in [0.4, 0.5) is 15.2 Å². The van der Waals surface area contributed by atoms with Crippen molar-refractivity contribution < 1.29 is 13.9 Å². The summed E-state index contributed by atoms with van der Waals surface area (Å²) >= 11 is 1.34. The number of aromatic nitrogens is 1. The van der Waals surface area contributed by atoms with Crippen molar-refractivity contribution >= 4 is 38.3 Å². The fraction of sp³-hybridized carbons (Fsp3) is 0.176. The van der Waals surface area contributed by atoms with E-state index in [4.69, 9.17) is 4.74 Å². The number of nitrogens with zero attached hydrogens (tertiary/aromatic N) is 2. The summed E-state index contributed by atoms with van der Waals surface area (Å²) < 4.78 is 20.1. The number of thiazole rings is 1. The summed E-state index contributed by atoms with van der Waals surface area (Å²) in [5, 5.41) is 3.17. The van der Waals surface area contributed by atoms with Gasteiger partial charge in [-0.05, 0) is 36.4 Å². The molecule has 0 atom stereocenters. The molecule has 24 heavy (non-hydrogen) atoms. The minimum absolute atomic E-state index is 0.245. The summed E-state index contributed by atoms with van der Waals surface area (Å²) in [6.45, 7) is 0. The summed E-state index contributed by atoms with van der Waals surface area (Å²) in [6, 6.07) is 9.88. The van der Waals surface area contributed by atoms with Crippen LogP contribution in [-0.2, 0) is 0 Å². The van der Waals surface area contributed by atoms with Crippen LogP contribution in [0.5, 0.6) is 5.75 Å². The molecule has 0 saturated heterocycles. The average Bonchev–Trinajstić information content (AvgIpc) is 2.95. The van der Waals surface area contributed by atoms with E-state index < -0.39 is 11.7 Å². The van der Waals surface area contributed by atoms with Crippen LogP contribution in [-0.4, -0.2) is 32.1 Å². The minimum atomic E-state index is -0.443. The molecule has 0 saturated carbocycles. The van der Waals surface area contributed by atoms with E-state index in [1.165, 1.54) is 17.4 Å². The molecule has 1 aromatic heterocycles. The number of fused-ring (bicyclic) bond motifs is 1. The molecule has 0 aliphatic rings. The van der Waals surface area contributed by atoms with Gasteiger partial charge in [-0.1, -0.05) is 11.3 Å². The zero-order valence-corrected chi connectivity index (χ0v) is 14.3. The number of halogens is 1. The third kappa shape index (κ3) is 3.16. The van der Waals surface area contributed by atoms with Crippen LogP contribution in [0.25, 0.3) is 10.2 Å². The maximum atomic E-state index is 14.0. The number of anilines is 2. The van der Waals surface area contributed by atoms with Crippen LogP contribution in [0.15, 0.2) is 36.4 Å². The van der Waals surface area contributed by atoms with E-state index in [-0.39, 0.29) is 5.56 Å². The lowest BCUT2D eigenvalue weighted by Crippen LogP contribution is -2.14. The number of carbonyl (C=O) groups is 1. The second-order valence-corrected chi connectivity index (χ2v) is 6.40. The third-order valence-electron chi connectivity index (χ3n) is 3.51. The molecule has 0 fully saturated rings. The van der Waals surface area contributed by atoms with Gasteiger partial charge < -0.3 is 9.64 Å². The first kappa shape index (κ1) is 16.2. The van der Waals surface area contributed by atoms with Crippen molar-refractivity contribution in [3.8, 4) is 5.75 Å². The fourth-order valence-electron chi connectivity index (χ4n) is 2.27. The number of hydrogen-bond donors (Lipinski definition) is 1. The summed E-state index contributed by atoms with van der Waals surface area (Å²) in [4.78, 5) is 18.3. The highest BCUT2D eigenvalue weighted by atomic mass is 32.1. The molecule has 0 bridgehead atoms. The van der Waals surface area contributed by atoms with Crippen molar-refractivity contribution in [2.75, 3.05) is 31.4 Å². The second kappa shape index (κ2) is 6.45. The van der Waals surface area contributed by atoms with Crippen molar-refractivity contribution in [1.29, 1.82) is 0 Å². The molecule has 0 spiro atoms. The number of benzene rings is 2. The average molecular weight is 345 g/mol. The second-order valence-electron chi connectivity index (χ2n) is 5.37. The van der Waals surface area contributed by atoms with E-state index in [0.29, 0.717) is 10.8 Å². The molecule has 3 rings (SSSR count). The molecule has 1 amide bonds. The van der Waals surface area contributed by atoms with Gasteiger partial charge in [-0.15, -0.1) is 0 Å². The summed E-state index contributed by atoms with van der Waals surface area (Å²) in [7, 11) is 5.08. The van der Waals surface area contributed by atoms with E-state index >= 15 is 0 Å². The Morgan fingerprint density at radius 1 is 1.25 bits per heavy atom. The molecular weight excluding hydrogens is 329 g/mol.